The van der Waals surface area contributed by atoms with Gasteiger partial charge < -0.3 is 19.0 Å². The lowest BCUT2D eigenvalue weighted by Gasteiger charge is -2.58. The van der Waals surface area contributed by atoms with Crippen molar-refractivity contribution < 1.29 is 28.6 Å². The van der Waals surface area contributed by atoms with Crippen LogP contribution in [0.4, 0.5) is 0 Å². The van der Waals surface area contributed by atoms with E-state index in [1.54, 1.807) is 6.07 Å². The van der Waals surface area contributed by atoms with Gasteiger partial charge in [0.1, 0.15) is 12.4 Å². The molecule has 1 aromatic rings. The van der Waals surface area contributed by atoms with E-state index in [0.717, 1.165) is 32.1 Å². The van der Waals surface area contributed by atoms with Crippen molar-refractivity contribution in [1.82, 2.24) is 0 Å². The number of carbonyl (C=O) groups is 2. The van der Waals surface area contributed by atoms with Crippen LogP contribution in [-0.4, -0.2) is 29.8 Å². The Balaban J connectivity index is 1.43. The highest BCUT2D eigenvalue weighted by Gasteiger charge is 2.60. The number of hydrogen-bond acceptors (Lipinski definition) is 6. The molecule has 130 valence electrons. The van der Waals surface area contributed by atoms with Gasteiger partial charge in [-0.15, -0.1) is 0 Å². The summed E-state index contributed by atoms with van der Waals surface area (Å²) >= 11 is 0. The highest BCUT2D eigenvalue weighted by molar-refractivity contribution is 5.86. The van der Waals surface area contributed by atoms with Crippen LogP contribution in [-0.2, 0) is 20.9 Å². The van der Waals surface area contributed by atoms with Gasteiger partial charge in [-0.05, 0) is 62.5 Å². The van der Waals surface area contributed by atoms with Crippen molar-refractivity contribution in [2.75, 3.05) is 7.11 Å². The number of ether oxygens (including phenoxy) is 2. The Hall–Kier alpha value is -1.82. The molecule has 1 heterocycles. The van der Waals surface area contributed by atoms with Gasteiger partial charge in [0, 0.05) is 0 Å². The molecule has 6 heteroatoms. The third-order valence-corrected chi connectivity index (χ3v) is 5.86. The molecule has 0 radical (unpaired) electrons. The first-order valence-electron chi connectivity index (χ1n) is 8.48. The van der Waals surface area contributed by atoms with E-state index < -0.39 is 17.0 Å². The maximum absolute atomic E-state index is 12.7. The van der Waals surface area contributed by atoms with Crippen molar-refractivity contribution in [2.24, 2.45) is 17.3 Å². The molecule has 4 saturated carbocycles. The summed E-state index contributed by atoms with van der Waals surface area (Å²) < 4.78 is 15.4. The predicted octanol–water partition coefficient (Wildman–Crippen LogP) is 2.44. The zero-order valence-corrected chi connectivity index (χ0v) is 13.7. The average Bonchev–Trinajstić information content (AvgIpc) is 2.98. The Labute approximate surface area is 140 Å². The molecule has 0 saturated heterocycles. The van der Waals surface area contributed by atoms with Crippen molar-refractivity contribution in [1.29, 1.82) is 0 Å². The lowest BCUT2D eigenvalue weighted by atomic mass is 9.48. The van der Waals surface area contributed by atoms with E-state index in [-0.39, 0.29) is 18.3 Å². The lowest BCUT2D eigenvalue weighted by Crippen LogP contribution is -2.58. The molecular weight excluding hydrogens is 312 g/mol. The minimum atomic E-state index is -0.689. The summed E-state index contributed by atoms with van der Waals surface area (Å²) in [6.07, 6.45) is 4.90. The van der Waals surface area contributed by atoms with E-state index in [0.29, 0.717) is 24.0 Å². The summed E-state index contributed by atoms with van der Waals surface area (Å²) in [6, 6.07) is 3.11. The van der Waals surface area contributed by atoms with Crippen LogP contribution in [0, 0.1) is 17.3 Å². The molecule has 4 aliphatic carbocycles. The largest absolute Gasteiger partial charge is 0.463 e. The van der Waals surface area contributed by atoms with E-state index in [1.807, 2.05) is 0 Å². The van der Waals surface area contributed by atoms with Gasteiger partial charge in [0.2, 0.25) is 5.76 Å². The monoisotopic (exact) mass is 334 g/mol. The fraction of sp³-hybridized carbons (Fsp3) is 0.667. The maximum atomic E-state index is 12.7. The van der Waals surface area contributed by atoms with Gasteiger partial charge in [0.05, 0.1) is 18.1 Å². The normalized spacial score (nSPS) is 36.6. The summed E-state index contributed by atoms with van der Waals surface area (Å²) in [4.78, 5) is 24.1. The second kappa shape index (κ2) is 5.34. The number of carbonyl (C=O) groups excluding carboxylic acids is 2. The number of furan rings is 1. The third-order valence-electron chi connectivity index (χ3n) is 5.86. The van der Waals surface area contributed by atoms with Crippen LogP contribution >= 0.6 is 0 Å². The van der Waals surface area contributed by atoms with Crippen LogP contribution in [0.1, 0.15) is 54.8 Å². The minimum absolute atomic E-state index is 0.00859. The summed E-state index contributed by atoms with van der Waals surface area (Å²) in [5, 5.41) is 10.7. The number of hydrogen-bond donors (Lipinski definition) is 1. The van der Waals surface area contributed by atoms with Crippen LogP contribution in [0.5, 0.6) is 0 Å². The molecule has 4 aliphatic rings. The molecule has 4 bridgehead atoms. The smallest absolute Gasteiger partial charge is 0.373 e. The highest BCUT2D eigenvalue weighted by Crippen LogP contribution is 2.62. The highest BCUT2D eigenvalue weighted by atomic mass is 16.6. The molecular formula is C18H22O6. The Morgan fingerprint density at radius 2 is 1.96 bits per heavy atom. The van der Waals surface area contributed by atoms with Gasteiger partial charge in [-0.2, -0.15) is 0 Å². The molecule has 1 N–H and O–H groups in total. The Kier molecular flexibility index (Phi) is 3.49. The van der Waals surface area contributed by atoms with Crippen molar-refractivity contribution in [3.05, 3.63) is 23.7 Å². The van der Waals surface area contributed by atoms with Gasteiger partial charge in [-0.3, -0.25) is 4.79 Å². The molecule has 1 aromatic heterocycles. The maximum Gasteiger partial charge on any atom is 0.373 e. The van der Waals surface area contributed by atoms with Crippen molar-refractivity contribution in [3.63, 3.8) is 0 Å². The Bertz CT molecular complexity index is 661. The van der Waals surface area contributed by atoms with Crippen LogP contribution in [0.3, 0.4) is 0 Å². The van der Waals surface area contributed by atoms with Crippen LogP contribution < -0.4 is 0 Å². The Morgan fingerprint density at radius 1 is 1.25 bits per heavy atom. The first-order valence-corrected chi connectivity index (χ1v) is 8.48. The lowest BCUT2D eigenvalue weighted by molar-refractivity contribution is -0.197. The number of methoxy groups -OCH3 is 1. The van der Waals surface area contributed by atoms with Crippen molar-refractivity contribution >= 4 is 11.9 Å². The first kappa shape index (κ1) is 15.7. The molecule has 0 aliphatic heterocycles. The summed E-state index contributed by atoms with van der Waals surface area (Å²) in [5.41, 5.74) is -1.23. The molecule has 5 rings (SSSR count). The number of esters is 2. The summed E-state index contributed by atoms with van der Waals surface area (Å²) in [6.45, 7) is -0.00859. The number of rotatable bonds is 4. The third kappa shape index (κ3) is 2.53. The van der Waals surface area contributed by atoms with Gasteiger partial charge >= 0.3 is 11.9 Å². The standard InChI is InChI=1S/C18H22O6/c1-22-15(19)14-3-2-13(24-14)9-23-16(20)17-5-11-4-12(6-17)8-18(21,7-11)10-17/h2-3,11-12,21H,4-10H2,1H3/t11-,12+,17?,18?. The molecule has 24 heavy (non-hydrogen) atoms. The zero-order valence-electron chi connectivity index (χ0n) is 13.7. The number of aliphatic hydroxyl groups is 1. The van der Waals surface area contributed by atoms with E-state index in [1.165, 1.54) is 13.2 Å². The summed E-state index contributed by atoms with van der Waals surface area (Å²) in [7, 11) is 1.28. The SMILES string of the molecule is COC(=O)c1ccc(COC(=O)C23C[C@@H]4C[C@@H](CC(O)(C4)C2)C3)o1. The van der Waals surface area contributed by atoms with Crippen LogP contribution in [0.25, 0.3) is 0 Å². The second-order valence-electron chi connectivity index (χ2n) is 7.80. The van der Waals surface area contributed by atoms with Gasteiger partial charge in [0.25, 0.3) is 0 Å². The van der Waals surface area contributed by atoms with E-state index in [2.05, 4.69) is 4.74 Å². The molecule has 0 aromatic carbocycles. The molecule has 2 unspecified atom stereocenters. The van der Waals surface area contributed by atoms with Crippen LogP contribution in [0.2, 0.25) is 0 Å². The van der Waals surface area contributed by atoms with E-state index in [9.17, 15) is 14.7 Å². The predicted molar refractivity (Wildman–Crippen MR) is 81.9 cm³/mol. The Morgan fingerprint density at radius 3 is 2.58 bits per heavy atom. The van der Waals surface area contributed by atoms with E-state index >= 15 is 0 Å². The first-order chi connectivity index (χ1) is 11.4. The quantitative estimate of drug-likeness (QED) is 0.851. The van der Waals surface area contributed by atoms with Crippen molar-refractivity contribution in [2.45, 2.75) is 50.7 Å². The molecule has 0 amide bonds. The molecule has 6 nitrogen and oxygen atoms in total. The fourth-order valence-corrected chi connectivity index (χ4v) is 5.41. The topological polar surface area (TPSA) is 86.0 Å². The minimum Gasteiger partial charge on any atom is -0.463 e. The fourth-order valence-electron chi connectivity index (χ4n) is 5.41. The molecule has 4 atom stereocenters. The zero-order chi connectivity index (χ0) is 16.9. The second-order valence-corrected chi connectivity index (χ2v) is 7.80. The summed E-state index contributed by atoms with van der Waals surface area (Å²) in [5.74, 6) is 0.554. The van der Waals surface area contributed by atoms with Gasteiger partial charge in [0.15, 0.2) is 0 Å². The van der Waals surface area contributed by atoms with Crippen LogP contribution in [0.15, 0.2) is 16.5 Å². The molecule has 4 fully saturated rings. The van der Waals surface area contributed by atoms with E-state index in [4.69, 9.17) is 9.15 Å². The molecule has 0 spiro atoms. The van der Waals surface area contributed by atoms with Gasteiger partial charge in [-0.25, -0.2) is 4.79 Å². The van der Waals surface area contributed by atoms with Gasteiger partial charge in [-0.1, -0.05) is 0 Å². The van der Waals surface area contributed by atoms with Crippen molar-refractivity contribution in [3.8, 4) is 0 Å². The average molecular weight is 334 g/mol.